The molecule has 0 aliphatic rings. The van der Waals surface area contributed by atoms with Gasteiger partial charge in [0, 0.05) is 19.4 Å². The molecule has 0 heterocycles. The molecule has 2 atom stereocenters. The summed E-state index contributed by atoms with van der Waals surface area (Å²) in [4.78, 5) is 35.0. The van der Waals surface area contributed by atoms with Crippen molar-refractivity contribution < 1.29 is 37.6 Å². The first-order chi connectivity index (χ1) is 30.3. The highest BCUT2D eigenvalue weighted by Gasteiger charge is 2.26. The average Bonchev–Trinajstić information content (AvgIpc) is 3.26. The summed E-state index contributed by atoms with van der Waals surface area (Å²) < 4.78 is 32.9. The van der Waals surface area contributed by atoms with Crippen molar-refractivity contribution in [1.82, 2.24) is 0 Å². The van der Waals surface area contributed by atoms with Crippen molar-refractivity contribution in [2.24, 2.45) is 5.73 Å². The third kappa shape index (κ3) is 47.2. The molecular weight excluding hydrogens is 798 g/mol. The minimum atomic E-state index is -4.38. The van der Waals surface area contributed by atoms with Crippen molar-refractivity contribution in [3.63, 3.8) is 0 Å². The van der Waals surface area contributed by atoms with Crippen LogP contribution in [-0.2, 0) is 32.7 Å². The number of carbonyl (C=O) groups is 2. The second kappa shape index (κ2) is 48.2. The Hall–Kier alpha value is -2.29. The van der Waals surface area contributed by atoms with Crippen LogP contribution in [0.5, 0.6) is 0 Å². The molecule has 0 aromatic heterocycles. The number of nitrogens with two attached hydrogens (primary N) is 1. The molecule has 0 radical (unpaired) electrons. The molecule has 0 bridgehead atoms. The fraction of sp³-hybridized carbons (Fsp3) is 0.769. The quantitative estimate of drug-likeness (QED) is 0.0265. The van der Waals surface area contributed by atoms with Crippen LogP contribution in [0.15, 0.2) is 60.8 Å². The molecule has 0 aromatic carbocycles. The van der Waals surface area contributed by atoms with Crippen molar-refractivity contribution in [2.75, 3.05) is 26.4 Å². The Morgan fingerprint density at radius 3 is 1.32 bits per heavy atom. The zero-order valence-corrected chi connectivity index (χ0v) is 40.7. The zero-order valence-electron chi connectivity index (χ0n) is 39.8. The van der Waals surface area contributed by atoms with E-state index >= 15 is 0 Å². The molecule has 0 aliphatic carbocycles. The molecule has 0 fully saturated rings. The zero-order chi connectivity index (χ0) is 45.3. The number of phosphoric acid groups is 1. The number of ether oxygens (including phenoxy) is 2. The smallest absolute Gasteiger partial charge is 0.462 e. The molecule has 10 heteroatoms. The molecule has 62 heavy (non-hydrogen) atoms. The standard InChI is InChI=1S/C52H94NO8P/c1-3-5-7-9-11-13-15-17-18-19-20-21-22-23-24-25-26-27-28-29-30-31-32-33-35-37-39-41-43-45-52(55)61-50(49-60-62(56,57)59-47-46-53)48-58-51(54)44-42-40-38-36-34-16-14-12-10-8-6-4-2/h5,7,11,13,17-18,20-21,23-24,50H,3-4,6,8-10,12,14-16,19,22,25-49,53H2,1-2H3,(H,56,57)/b7-5-,13-11-,18-17-,21-20-,24-23-. The largest absolute Gasteiger partial charge is 0.472 e. The number of rotatable bonds is 47. The number of allylic oxidation sites excluding steroid dienone is 10. The molecule has 2 unspecified atom stereocenters. The van der Waals surface area contributed by atoms with Crippen LogP contribution in [0.3, 0.4) is 0 Å². The van der Waals surface area contributed by atoms with Gasteiger partial charge in [-0.15, -0.1) is 0 Å². The molecule has 360 valence electrons. The summed E-state index contributed by atoms with van der Waals surface area (Å²) in [5.74, 6) is -0.825. The van der Waals surface area contributed by atoms with Crippen LogP contribution in [0.25, 0.3) is 0 Å². The topological polar surface area (TPSA) is 134 Å². The Balaban J connectivity index is 3.96. The lowest BCUT2D eigenvalue weighted by Gasteiger charge is -2.19. The van der Waals surface area contributed by atoms with E-state index in [-0.39, 0.29) is 38.6 Å². The highest BCUT2D eigenvalue weighted by Crippen LogP contribution is 2.43. The van der Waals surface area contributed by atoms with E-state index in [1.54, 1.807) is 0 Å². The van der Waals surface area contributed by atoms with Gasteiger partial charge < -0.3 is 20.1 Å². The van der Waals surface area contributed by atoms with E-state index in [9.17, 15) is 19.0 Å². The molecular formula is C52H94NO8P. The first kappa shape index (κ1) is 59.7. The van der Waals surface area contributed by atoms with Gasteiger partial charge in [0.05, 0.1) is 13.2 Å². The van der Waals surface area contributed by atoms with E-state index in [4.69, 9.17) is 24.3 Å². The molecule has 0 amide bonds. The molecule has 0 spiro atoms. The summed E-state index contributed by atoms with van der Waals surface area (Å²) in [6, 6.07) is 0. The maximum Gasteiger partial charge on any atom is 0.472 e. The first-order valence-electron chi connectivity index (χ1n) is 25.3. The number of carbonyl (C=O) groups excluding carboxylic acids is 2. The summed E-state index contributed by atoms with van der Waals surface area (Å²) >= 11 is 0. The van der Waals surface area contributed by atoms with Gasteiger partial charge in [-0.2, -0.15) is 0 Å². The van der Waals surface area contributed by atoms with E-state index in [1.807, 2.05) is 0 Å². The molecule has 0 saturated carbocycles. The maximum absolute atomic E-state index is 12.6. The Bertz CT molecular complexity index is 1200. The predicted octanol–water partition coefficient (Wildman–Crippen LogP) is 15.2. The Kier molecular flexibility index (Phi) is 46.4. The summed E-state index contributed by atoms with van der Waals surface area (Å²) in [5.41, 5.74) is 5.36. The van der Waals surface area contributed by atoms with Gasteiger partial charge in [0.25, 0.3) is 0 Å². The van der Waals surface area contributed by atoms with Gasteiger partial charge >= 0.3 is 19.8 Å². The Morgan fingerprint density at radius 2 is 0.887 bits per heavy atom. The molecule has 9 nitrogen and oxygen atoms in total. The summed E-state index contributed by atoms with van der Waals surface area (Å²) in [6.45, 7) is 3.63. The summed E-state index contributed by atoms with van der Waals surface area (Å²) in [7, 11) is -4.38. The SMILES string of the molecule is CC/C=C\C/C=C\C/C=C\C/C=C\C/C=C\CCCCCCCCCCCCCCCC(=O)OC(COC(=O)CCCCCCCCCCCCCC)COP(=O)(O)OCCN. The number of unbranched alkanes of at least 4 members (excludes halogenated alkanes) is 24. The highest BCUT2D eigenvalue weighted by molar-refractivity contribution is 7.47. The van der Waals surface area contributed by atoms with Gasteiger partial charge in [-0.25, -0.2) is 4.57 Å². The van der Waals surface area contributed by atoms with Gasteiger partial charge in [0.15, 0.2) is 6.10 Å². The van der Waals surface area contributed by atoms with E-state index in [0.29, 0.717) is 6.42 Å². The van der Waals surface area contributed by atoms with Crippen LogP contribution in [-0.4, -0.2) is 49.3 Å². The Labute approximate surface area is 380 Å². The van der Waals surface area contributed by atoms with E-state index in [1.165, 1.54) is 122 Å². The van der Waals surface area contributed by atoms with Crippen molar-refractivity contribution in [1.29, 1.82) is 0 Å². The second-order valence-electron chi connectivity index (χ2n) is 16.7. The Morgan fingerprint density at radius 1 is 0.500 bits per heavy atom. The van der Waals surface area contributed by atoms with E-state index in [0.717, 1.165) is 70.6 Å². The lowest BCUT2D eigenvalue weighted by atomic mass is 10.0. The molecule has 0 saturated heterocycles. The molecule has 0 rings (SSSR count). The second-order valence-corrected chi connectivity index (χ2v) is 18.1. The maximum atomic E-state index is 12.6. The minimum Gasteiger partial charge on any atom is -0.462 e. The van der Waals surface area contributed by atoms with Crippen molar-refractivity contribution >= 4 is 19.8 Å². The van der Waals surface area contributed by atoms with Crippen molar-refractivity contribution in [2.45, 2.75) is 232 Å². The third-order valence-electron chi connectivity index (χ3n) is 10.7. The van der Waals surface area contributed by atoms with E-state index in [2.05, 4.69) is 74.6 Å². The van der Waals surface area contributed by atoms with Gasteiger partial charge in [0.2, 0.25) is 0 Å². The minimum absolute atomic E-state index is 0.0529. The van der Waals surface area contributed by atoms with Gasteiger partial charge in [-0.3, -0.25) is 18.6 Å². The van der Waals surface area contributed by atoms with Crippen LogP contribution in [0.4, 0.5) is 0 Å². The predicted molar refractivity (Wildman–Crippen MR) is 261 cm³/mol. The molecule has 0 aromatic rings. The van der Waals surface area contributed by atoms with Gasteiger partial charge in [-0.05, 0) is 57.8 Å². The monoisotopic (exact) mass is 892 g/mol. The molecule has 3 N–H and O–H groups in total. The van der Waals surface area contributed by atoms with Crippen LogP contribution in [0, 0.1) is 0 Å². The summed E-state index contributed by atoms with van der Waals surface area (Å²) in [5, 5.41) is 0. The van der Waals surface area contributed by atoms with Crippen LogP contribution in [0.2, 0.25) is 0 Å². The van der Waals surface area contributed by atoms with Crippen molar-refractivity contribution in [3.8, 4) is 0 Å². The fourth-order valence-corrected chi connectivity index (χ4v) is 7.72. The third-order valence-corrected chi connectivity index (χ3v) is 11.7. The highest BCUT2D eigenvalue weighted by atomic mass is 31.2. The van der Waals surface area contributed by atoms with Crippen molar-refractivity contribution in [3.05, 3.63) is 60.8 Å². The van der Waals surface area contributed by atoms with Crippen LogP contribution in [0.1, 0.15) is 226 Å². The number of hydrogen-bond donors (Lipinski definition) is 2. The lowest BCUT2D eigenvalue weighted by molar-refractivity contribution is -0.161. The van der Waals surface area contributed by atoms with Gasteiger partial charge in [-0.1, -0.05) is 216 Å². The van der Waals surface area contributed by atoms with Crippen LogP contribution >= 0.6 is 7.82 Å². The van der Waals surface area contributed by atoms with E-state index < -0.39 is 26.5 Å². The fourth-order valence-electron chi connectivity index (χ4n) is 6.96. The number of hydrogen-bond acceptors (Lipinski definition) is 8. The normalized spacial score (nSPS) is 13.7. The van der Waals surface area contributed by atoms with Gasteiger partial charge in [0.1, 0.15) is 6.61 Å². The summed E-state index contributed by atoms with van der Waals surface area (Å²) in [6.07, 6.45) is 58.4. The van der Waals surface area contributed by atoms with Crippen LogP contribution < -0.4 is 5.73 Å². The first-order valence-corrected chi connectivity index (χ1v) is 26.8. The number of phosphoric ester groups is 1. The lowest BCUT2D eigenvalue weighted by Crippen LogP contribution is -2.29. The molecule has 0 aliphatic heterocycles. The number of esters is 2. The average molecular weight is 892 g/mol.